The van der Waals surface area contributed by atoms with Crippen LogP contribution in [-0.4, -0.2) is 18.2 Å². The van der Waals surface area contributed by atoms with Crippen molar-refractivity contribution in [3.63, 3.8) is 0 Å². The third-order valence-corrected chi connectivity index (χ3v) is 2.66. The third kappa shape index (κ3) is 3.18. The number of aliphatic hydroxyl groups is 1. The maximum absolute atomic E-state index is 13.7. The minimum absolute atomic E-state index is 0.298. The van der Waals surface area contributed by atoms with E-state index in [0.29, 0.717) is 30.8 Å². The van der Waals surface area contributed by atoms with Crippen LogP contribution in [0.25, 0.3) is 0 Å². The predicted molar refractivity (Wildman–Crippen MR) is 65.2 cm³/mol. The molecule has 0 aliphatic rings. The first-order chi connectivity index (χ1) is 8.11. The largest absolute Gasteiger partial charge is 0.389 e. The Hall–Kier alpha value is -1.60. The summed E-state index contributed by atoms with van der Waals surface area (Å²) in [5, 5.41) is 18.2. The number of nitriles is 1. The average molecular weight is 236 g/mol. The Balaban J connectivity index is 3.10. The van der Waals surface area contributed by atoms with Crippen LogP contribution in [0, 0.1) is 17.1 Å². The van der Waals surface area contributed by atoms with E-state index in [1.807, 2.05) is 11.8 Å². The van der Waals surface area contributed by atoms with Crippen molar-refractivity contribution < 1.29 is 9.50 Å². The SMILES string of the molecule is CCN(CCC#N)c1cccc(F)c1[C@@H](C)O. The van der Waals surface area contributed by atoms with Crippen LogP contribution in [0.5, 0.6) is 0 Å². The molecule has 17 heavy (non-hydrogen) atoms. The Morgan fingerprint density at radius 2 is 2.24 bits per heavy atom. The molecule has 1 N–H and O–H groups in total. The van der Waals surface area contributed by atoms with Crippen LogP contribution in [0.3, 0.4) is 0 Å². The molecule has 0 aromatic heterocycles. The lowest BCUT2D eigenvalue weighted by molar-refractivity contribution is 0.194. The average Bonchev–Trinajstić information content (AvgIpc) is 2.29. The predicted octanol–water partition coefficient (Wildman–Crippen LogP) is 2.62. The maximum atomic E-state index is 13.7. The molecule has 1 aromatic carbocycles. The molecule has 1 aromatic rings. The van der Waals surface area contributed by atoms with Crippen molar-refractivity contribution in [2.45, 2.75) is 26.4 Å². The Bertz CT molecular complexity index is 412. The van der Waals surface area contributed by atoms with Crippen molar-refractivity contribution in [2.24, 2.45) is 0 Å². The zero-order valence-corrected chi connectivity index (χ0v) is 10.2. The molecule has 92 valence electrons. The Morgan fingerprint density at radius 3 is 2.76 bits per heavy atom. The lowest BCUT2D eigenvalue weighted by atomic mass is 10.1. The molecule has 0 heterocycles. The fourth-order valence-electron chi connectivity index (χ4n) is 1.85. The lowest BCUT2D eigenvalue weighted by Gasteiger charge is -2.26. The van der Waals surface area contributed by atoms with E-state index >= 15 is 0 Å². The number of rotatable bonds is 5. The van der Waals surface area contributed by atoms with Gasteiger partial charge in [-0.05, 0) is 26.0 Å². The van der Waals surface area contributed by atoms with Gasteiger partial charge in [-0.2, -0.15) is 5.26 Å². The van der Waals surface area contributed by atoms with Crippen LogP contribution in [0.2, 0.25) is 0 Å². The van der Waals surface area contributed by atoms with Crippen LogP contribution in [0.4, 0.5) is 10.1 Å². The summed E-state index contributed by atoms with van der Waals surface area (Å²) >= 11 is 0. The molecule has 0 aliphatic heterocycles. The van der Waals surface area contributed by atoms with Crippen molar-refractivity contribution in [2.75, 3.05) is 18.0 Å². The highest BCUT2D eigenvalue weighted by Crippen LogP contribution is 2.28. The monoisotopic (exact) mass is 236 g/mol. The molecule has 1 rings (SSSR count). The molecule has 0 aliphatic carbocycles. The maximum Gasteiger partial charge on any atom is 0.131 e. The Morgan fingerprint density at radius 1 is 1.53 bits per heavy atom. The van der Waals surface area contributed by atoms with E-state index in [4.69, 9.17) is 5.26 Å². The first-order valence-electron chi connectivity index (χ1n) is 5.70. The van der Waals surface area contributed by atoms with E-state index in [2.05, 4.69) is 6.07 Å². The summed E-state index contributed by atoms with van der Waals surface area (Å²) in [6.07, 6.45) is -0.480. The highest BCUT2D eigenvalue weighted by atomic mass is 19.1. The summed E-state index contributed by atoms with van der Waals surface area (Å²) in [7, 11) is 0. The number of benzene rings is 1. The Labute approximate surface area is 101 Å². The normalized spacial score (nSPS) is 11.9. The molecule has 0 bridgehead atoms. The summed E-state index contributed by atoms with van der Waals surface area (Å²) < 4.78 is 13.7. The van der Waals surface area contributed by atoms with Crippen molar-refractivity contribution in [3.8, 4) is 6.07 Å². The van der Waals surface area contributed by atoms with Gasteiger partial charge in [-0.1, -0.05) is 6.07 Å². The zero-order chi connectivity index (χ0) is 12.8. The molecule has 0 unspecified atom stereocenters. The van der Waals surface area contributed by atoms with Gasteiger partial charge < -0.3 is 10.0 Å². The number of hydrogen-bond donors (Lipinski definition) is 1. The van der Waals surface area contributed by atoms with Crippen molar-refractivity contribution in [1.82, 2.24) is 0 Å². The second-order valence-electron chi connectivity index (χ2n) is 3.84. The standard InChI is InChI=1S/C13H17FN2O/c1-3-16(9-5-8-15)12-7-4-6-11(14)13(12)10(2)17/h4,6-7,10,17H,3,5,9H2,1-2H3/t10-/m1/s1. The van der Waals surface area contributed by atoms with E-state index in [1.165, 1.54) is 6.07 Å². The van der Waals surface area contributed by atoms with Crippen molar-refractivity contribution in [3.05, 3.63) is 29.6 Å². The van der Waals surface area contributed by atoms with Crippen LogP contribution < -0.4 is 4.90 Å². The highest BCUT2D eigenvalue weighted by molar-refractivity contribution is 5.55. The fraction of sp³-hybridized carbons (Fsp3) is 0.462. The van der Waals surface area contributed by atoms with Gasteiger partial charge in [0.1, 0.15) is 5.82 Å². The smallest absolute Gasteiger partial charge is 0.131 e. The Kier molecular flexibility index (Phi) is 4.92. The molecular weight excluding hydrogens is 219 g/mol. The molecule has 0 amide bonds. The number of nitrogens with zero attached hydrogens (tertiary/aromatic N) is 2. The first kappa shape index (κ1) is 13.5. The number of anilines is 1. The number of halogens is 1. The summed E-state index contributed by atoms with van der Waals surface area (Å²) in [6.45, 7) is 4.69. The highest BCUT2D eigenvalue weighted by Gasteiger charge is 2.17. The van der Waals surface area contributed by atoms with Gasteiger partial charge in [-0.3, -0.25) is 0 Å². The zero-order valence-electron chi connectivity index (χ0n) is 10.2. The van der Waals surface area contributed by atoms with Crippen LogP contribution in [0.1, 0.15) is 31.9 Å². The van der Waals surface area contributed by atoms with E-state index in [9.17, 15) is 9.50 Å². The van der Waals surface area contributed by atoms with Crippen LogP contribution >= 0.6 is 0 Å². The van der Waals surface area contributed by atoms with Crippen molar-refractivity contribution >= 4 is 5.69 Å². The quantitative estimate of drug-likeness (QED) is 0.854. The topological polar surface area (TPSA) is 47.3 Å². The second-order valence-corrected chi connectivity index (χ2v) is 3.84. The molecule has 4 heteroatoms. The summed E-state index contributed by atoms with van der Waals surface area (Å²) in [5.41, 5.74) is 0.963. The van der Waals surface area contributed by atoms with Gasteiger partial charge in [0.15, 0.2) is 0 Å². The van der Waals surface area contributed by atoms with Gasteiger partial charge in [0, 0.05) is 24.3 Å². The summed E-state index contributed by atoms with van der Waals surface area (Å²) in [6, 6.07) is 6.79. The van der Waals surface area contributed by atoms with E-state index in [-0.39, 0.29) is 0 Å². The number of aliphatic hydroxyl groups excluding tert-OH is 1. The summed E-state index contributed by atoms with van der Waals surface area (Å²) in [5.74, 6) is -0.409. The molecule has 0 fully saturated rings. The minimum atomic E-state index is -0.859. The van der Waals surface area contributed by atoms with Gasteiger partial charge in [0.05, 0.1) is 18.6 Å². The van der Waals surface area contributed by atoms with Crippen LogP contribution in [0.15, 0.2) is 18.2 Å². The molecule has 0 spiro atoms. The number of hydrogen-bond acceptors (Lipinski definition) is 3. The van der Waals surface area contributed by atoms with E-state index in [0.717, 1.165) is 0 Å². The summed E-state index contributed by atoms with van der Waals surface area (Å²) in [4.78, 5) is 1.90. The van der Waals surface area contributed by atoms with E-state index in [1.54, 1.807) is 19.1 Å². The second kappa shape index (κ2) is 6.21. The fourth-order valence-corrected chi connectivity index (χ4v) is 1.85. The molecular formula is C13H17FN2O. The van der Waals surface area contributed by atoms with Gasteiger partial charge in [0.2, 0.25) is 0 Å². The van der Waals surface area contributed by atoms with Gasteiger partial charge in [-0.25, -0.2) is 4.39 Å². The molecule has 0 saturated carbocycles. The van der Waals surface area contributed by atoms with Gasteiger partial charge >= 0.3 is 0 Å². The van der Waals surface area contributed by atoms with Crippen molar-refractivity contribution in [1.29, 1.82) is 5.26 Å². The third-order valence-electron chi connectivity index (χ3n) is 2.66. The molecule has 1 atom stereocenters. The lowest BCUT2D eigenvalue weighted by Crippen LogP contribution is -2.25. The first-order valence-corrected chi connectivity index (χ1v) is 5.70. The minimum Gasteiger partial charge on any atom is -0.389 e. The van der Waals surface area contributed by atoms with Gasteiger partial charge in [-0.15, -0.1) is 0 Å². The van der Waals surface area contributed by atoms with Crippen LogP contribution in [-0.2, 0) is 0 Å². The molecule has 0 radical (unpaired) electrons. The molecule has 3 nitrogen and oxygen atoms in total. The van der Waals surface area contributed by atoms with Gasteiger partial charge in [0.25, 0.3) is 0 Å². The van der Waals surface area contributed by atoms with E-state index < -0.39 is 11.9 Å². The molecule has 0 saturated heterocycles.